The Morgan fingerprint density at radius 2 is 2.11 bits per heavy atom. The van der Waals surface area contributed by atoms with Crippen LogP contribution in [0.1, 0.15) is 4.88 Å². The van der Waals surface area contributed by atoms with Crippen LogP contribution < -0.4 is 10.2 Å². The molecule has 0 saturated carbocycles. The molecule has 0 aliphatic carbocycles. The molecule has 1 fully saturated rings. The Balaban J connectivity index is 1.92. The number of benzene rings is 1. The van der Waals surface area contributed by atoms with Gasteiger partial charge in [-0.2, -0.15) is 0 Å². The number of hydrogen-bond acceptors (Lipinski definition) is 4. The van der Waals surface area contributed by atoms with Crippen molar-refractivity contribution in [3.8, 4) is 11.3 Å². The van der Waals surface area contributed by atoms with Crippen molar-refractivity contribution >= 4 is 16.5 Å². The first-order valence-electron chi connectivity index (χ1n) is 6.43. The third-order valence-corrected chi connectivity index (χ3v) is 4.30. The zero-order valence-corrected chi connectivity index (χ0v) is 11.6. The lowest BCUT2D eigenvalue weighted by molar-refractivity contribution is 0.588. The Morgan fingerprint density at radius 1 is 1.32 bits per heavy atom. The quantitative estimate of drug-likeness (QED) is 0.914. The predicted octanol–water partition coefficient (Wildman–Crippen LogP) is 2.67. The van der Waals surface area contributed by atoms with Crippen molar-refractivity contribution in [1.82, 2.24) is 10.3 Å². The Bertz CT molecular complexity index is 576. The van der Waals surface area contributed by atoms with Gasteiger partial charge in [0, 0.05) is 36.6 Å². The molecule has 1 aromatic carbocycles. The lowest BCUT2D eigenvalue weighted by atomic mass is 10.1. The zero-order chi connectivity index (χ0) is 13.2. The Morgan fingerprint density at radius 3 is 2.84 bits per heavy atom. The summed E-state index contributed by atoms with van der Waals surface area (Å²) in [6, 6.07) is 6.65. The van der Waals surface area contributed by atoms with Crippen LogP contribution in [0.4, 0.5) is 9.52 Å². The molecule has 1 saturated heterocycles. The summed E-state index contributed by atoms with van der Waals surface area (Å²) in [5.74, 6) is -0.214. The minimum atomic E-state index is -0.214. The monoisotopic (exact) mass is 277 g/mol. The summed E-state index contributed by atoms with van der Waals surface area (Å²) < 4.78 is 13.3. The average molecular weight is 277 g/mol. The molecule has 0 bridgehead atoms. The van der Waals surface area contributed by atoms with E-state index < -0.39 is 0 Å². The van der Waals surface area contributed by atoms with Gasteiger partial charge >= 0.3 is 0 Å². The normalized spacial score (nSPS) is 15.8. The van der Waals surface area contributed by atoms with E-state index >= 15 is 0 Å². The van der Waals surface area contributed by atoms with Crippen LogP contribution in [0.5, 0.6) is 0 Å². The van der Waals surface area contributed by atoms with Crippen molar-refractivity contribution in [2.75, 3.05) is 31.1 Å². The summed E-state index contributed by atoms with van der Waals surface area (Å²) in [6.07, 6.45) is 0. The Hall–Kier alpha value is -1.46. The van der Waals surface area contributed by atoms with Gasteiger partial charge in [0.2, 0.25) is 0 Å². The fraction of sp³-hybridized carbons (Fsp3) is 0.357. The highest BCUT2D eigenvalue weighted by molar-refractivity contribution is 7.16. The molecule has 19 heavy (non-hydrogen) atoms. The van der Waals surface area contributed by atoms with E-state index in [1.807, 2.05) is 13.0 Å². The summed E-state index contributed by atoms with van der Waals surface area (Å²) in [5.41, 5.74) is 1.76. The van der Waals surface area contributed by atoms with Crippen molar-refractivity contribution in [3.63, 3.8) is 0 Å². The topological polar surface area (TPSA) is 28.2 Å². The minimum Gasteiger partial charge on any atom is -0.346 e. The first kappa shape index (κ1) is 12.6. The molecule has 1 N–H and O–H groups in total. The first-order valence-corrected chi connectivity index (χ1v) is 7.25. The van der Waals surface area contributed by atoms with Crippen molar-refractivity contribution in [2.45, 2.75) is 6.92 Å². The summed E-state index contributed by atoms with van der Waals surface area (Å²) in [6.45, 7) is 6.00. The largest absolute Gasteiger partial charge is 0.346 e. The third-order valence-electron chi connectivity index (χ3n) is 3.27. The molecule has 3 rings (SSSR count). The smallest absolute Gasteiger partial charge is 0.186 e. The fourth-order valence-electron chi connectivity index (χ4n) is 2.28. The molecular formula is C14H16FN3S. The van der Waals surface area contributed by atoms with Gasteiger partial charge in [-0.1, -0.05) is 12.1 Å². The number of nitrogens with one attached hydrogen (secondary N) is 1. The molecule has 0 radical (unpaired) electrons. The zero-order valence-electron chi connectivity index (χ0n) is 10.8. The lowest BCUT2D eigenvalue weighted by Gasteiger charge is -2.26. The van der Waals surface area contributed by atoms with Crippen molar-refractivity contribution in [2.24, 2.45) is 0 Å². The maximum atomic E-state index is 13.3. The third kappa shape index (κ3) is 2.62. The molecule has 0 atom stereocenters. The molecule has 5 heteroatoms. The molecule has 100 valence electrons. The summed E-state index contributed by atoms with van der Waals surface area (Å²) in [4.78, 5) is 8.12. The maximum absolute atomic E-state index is 13.3. The highest BCUT2D eigenvalue weighted by atomic mass is 32.1. The number of aryl methyl sites for hydroxylation is 1. The van der Waals surface area contributed by atoms with Gasteiger partial charge in [0.25, 0.3) is 0 Å². The van der Waals surface area contributed by atoms with Gasteiger partial charge in [-0.3, -0.25) is 0 Å². The minimum absolute atomic E-state index is 0.214. The van der Waals surface area contributed by atoms with Gasteiger partial charge in [-0.05, 0) is 19.1 Å². The van der Waals surface area contributed by atoms with E-state index in [-0.39, 0.29) is 5.82 Å². The molecule has 1 aromatic heterocycles. The van der Waals surface area contributed by atoms with Gasteiger partial charge in [0.15, 0.2) is 5.13 Å². The van der Waals surface area contributed by atoms with Crippen LogP contribution in [0, 0.1) is 12.7 Å². The number of thiazole rings is 1. The van der Waals surface area contributed by atoms with E-state index in [1.165, 1.54) is 6.07 Å². The van der Waals surface area contributed by atoms with E-state index in [4.69, 9.17) is 4.98 Å². The number of anilines is 1. The van der Waals surface area contributed by atoms with Crippen LogP contribution >= 0.6 is 11.3 Å². The summed E-state index contributed by atoms with van der Waals surface area (Å²) >= 11 is 1.69. The predicted molar refractivity (Wildman–Crippen MR) is 77.3 cm³/mol. The van der Waals surface area contributed by atoms with Crippen LogP contribution in [0.2, 0.25) is 0 Å². The maximum Gasteiger partial charge on any atom is 0.186 e. The van der Waals surface area contributed by atoms with Crippen molar-refractivity contribution in [3.05, 3.63) is 35.0 Å². The standard InChI is InChI=1S/C14H16FN3S/c1-10-13(11-3-2-4-12(15)9-11)17-14(19-10)18-7-5-16-6-8-18/h2-4,9,16H,5-8H2,1H3. The van der Waals surface area contributed by atoms with Crippen LogP contribution in [0.3, 0.4) is 0 Å². The van der Waals surface area contributed by atoms with Crippen LogP contribution in [-0.4, -0.2) is 31.2 Å². The number of rotatable bonds is 2. The highest BCUT2D eigenvalue weighted by Gasteiger charge is 2.17. The van der Waals surface area contributed by atoms with Gasteiger partial charge in [0.1, 0.15) is 5.82 Å². The molecule has 0 unspecified atom stereocenters. The Labute approximate surface area is 116 Å². The number of halogens is 1. The van der Waals surface area contributed by atoms with Gasteiger partial charge < -0.3 is 10.2 Å². The van der Waals surface area contributed by atoms with Crippen molar-refractivity contribution in [1.29, 1.82) is 0 Å². The molecule has 0 spiro atoms. The van der Waals surface area contributed by atoms with Gasteiger partial charge in [-0.25, -0.2) is 9.37 Å². The molecule has 3 nitrogen and oxygen atoms in total. The van der Waals surface area contributed by atoms with Gasteiger partial charge in [0.05, 0.1) is 5.69 Å². The molecule has 2 heterocycles. The molecule has 2 aromatic rings. The lowest BCUT2D eigenvalue weighted by Crippen LogP contribution is -2.43. The number of nitrogens with zero attached hydrogens (tertiary/aromatic N) is 2. The molecule has 1 aliphatic heterocycles. The first-order chi connectivity index (χ1) is 9.24. The van der Waals surface area contributed by atoms with Crippen LogP contribution in [0.15, 0.2) is 24.3 Å². The number of piperazine rings is 1. The van der Waals surface area contributed by atoms with Gasteiger partial charge in [-0.15, -0.1) is 11.3 Å². The van der Waals surface area contributed by atoms with E-state index in [9.17, 15) is 4.39 Å². The second kappa shape index (κ2) is 5.27. The molecular weight excluding hydrogens is 261 g/mol. The van der Waals surface area contributed by atoms with E-state index in [2.05, 4.69) is 10.2 Å². The number of aromatic nitrogens is 1. The fourth-order valence-corrected chi connectivity index (χ4v) is 3.26. The summed E-state index contributed by atoms with van der Waals surface area (Å²) in [7, 11) is 0. The van der Waals surface area contributed by atoms with E-state index in [0.717, 1.165) is 47.4 Å². The summed E-state index contributed by atoms with van der Waals surface area (Å²) in [5, 5.41) is 4.37. The van der Waals surface area contributed by atoms with E-state index in [1.54, 1.807) is 23.5 Å². The second-order valence-corrected chi connectivity index (χ2v) is 5.83. The SMILES string of the molecule is Cc1sc(N2CCNCC2)nc1-c1cccc(F)c1. The second-order valence-electron chi connectivity index (χ2n) is 4.65. The Kier molecular flexibility index (Phi) is 3.48. The molecule has 0 amide bonds. The van der Waals surface area contributed by atoms with Crippen LogP contribution in [0.25, 0.3) is 11.3 Å². The molecule has 1 aliphatic rings. The average Bonchev–Trinajstić information content (AvgIpc) is 2.82. The highest BCUT2D eigenvalue weighted by Crippen LogP contribution is 2.32. The van der Waals surface area contributed by atoms with Crippen molar-refractivity contribution < 1.29 is 4.39 Å². The van der Waals surface area contributed by atoms with E-state index in [0.29, 0.717) is 0 Å². The number of hydrogen-bond donors (Lipinski definition) is 1. The van der Waals surface area contributed by atoms with Crippen LogP contribution in [-0.2, 0) is 0 Å².